The second-order valence-corrected chi connectivity index (χ2v) is 4.02. The summed E-state index contributed by atoms with van der Waals surface area (Å²) < 4.78 is 5.78. The molecule has 1 amide bonds. The van der Waals surface area contributed by atoms with Crippen LogP contribution in [0.15, 0.2) is 21.2 Å². The summed E-state index contributed by atoms with van der Waals surface area (Å²) in [6.07, 6.45) is 1.09. The molecule has 0 aliphatic carbocycles. The van der Waals surface area contributed by atoms with Crippen LogP contribution in [0.2, 0.25) is 0 Å². The molecule has 0 N–H and O–H groups in total. The topological polar surface area (TPSA) is 33.5 Å². The van der Waals surface area contributed by atoms with Crippen molar-refractivity contribution in [3.05, 3.63) is 22.6 Å². The molecule has 1 atom stereocenters. The lowest BCUT2D eigenvalue weighted by atomic mass is 10.1. The molecule has 0 saturated carbocycles. The zero-order chi connectivity index (χ0) is 9.42. The monoisotopic (exact) mass is 243 g/mol. The average molecular weight is 244 g/mol. The maximum absolute atomic E-state index is 11.7. The molecule has 4 heteroatoms. The van der Waals surface area contributed by atoms with Gasteiger partial charge in [-0.3, -0.25) is 4.79 Å². The number of nitrogens with zero attached hydrogens (tertiary/aromatic N) is 1. The van der Waals surface area contributed by atoms with Crippen LogP contribution in [0.5, 0.6) is 0 Å². The lowest BCUT2D eigenvalue weighted by Gasteiger charge is -2.37. The summed E-state index contributed by atoms with van der Waals surface area (Å²) in [7, 11) is 0. The highest BCUT2D eigenvalue weighted by atomic mass is 79.9. The Bertz CT molecular complexity index is 334. The third-order valence-electron chi connectivity index (χ3n) is 2.36. The molecule has 2 heterocycles. The zero-order valence-electron chi connectivity index (χ0n) is 7.29. The van der Waals surface area contributed by atoms with E-state index in [1.165, 1.54) is 0 Å². The van der Waals surface area contributed by atoms with Crippen molar-refractivity contribution < 1.29 is 9.21 Å². The molecular weight excluding hydrogens is 234 g/mol. The lowest BCUT2D eigenvalue weighted by Crippen LogP contribution is -2.49. The molecule has 3 nitrogen and oxygen atoms in total. The first kappa shape index (κ1) is 8.81. The van der Waals surface area contributed by atoms with Gasteiger partial charge in [0.05, 0.1) is 0 Å². The predicted molar refractivity (Wildman–Crippen MR) is 51.5 cm³/mol. The fraction of sp³-hybridized carbons (Fsp3) is 0.444. The average Bonchev–Trinajstić information content (AvgIpc) is 2.49. The van der Waals surface area contributed by atoms with Gasteiger partial charge in [0, 0.05) is 12.6 Å². The third-order valence-corrected chi connectivity index (χ3v) is 2.79. The van der Waals surface area contributed by atoms with E-state index in [0.717, 1.165) is 13.0 Å². The van der Waals surface area contributed by atoms with Crippen molar-refractivity contribution in [2.24, 2.45) is 0 Å². The van der Waals surface area contributed by atoms with Gasteiger partial charge in [-0.25, -0.2) is 0 Å². The summed E-state index contributed by atoms with van der Waals surface area (Å²) in [6.45, 7) is 2.89. The molecule has 13 heavy (non-hydrogen) atoms. The number of halogens is 1. The second-order valence-electron chi connectivity index (χ2n) is 3.24. The Morgan fingerprint density at radius 1 is 1.69 bits per heavy atom. The Labute approximate surface area is 84.8 Å². The van der Waals surface area contributed by atoms with E-state index in [1.807, 2.05) is 11.8 Å². The van der Waals surface area contributed by atoms with Gasteiger partial charge >= 0.3 is 0 Å². The third kappa shape index (κ3) is 1.50. The van der Waals surface area contributed by atoms with E-state index in [4.69, 9.17) is 4.42 Å². The smallest absolute Gasteiger partial charge is 0.289 e. The Hall–Kier alpha value is -0.770. The largest absolute Gasteiger partial charge is 0.444 e. The van der Waals surface area contributed by atoms with Crippen LogP contribution in [0, 0.1) is 0 Å². The quantitative estimate of drug-likeness (QED) is 0.759. The zero-order valence-corrected chi connectivity index (χ0v) is 8.87. The molecule has 1 saturated heterocycles. The maximum atomic E-state index is 11.7. The Morgan fingerprint density at radius 2 is 2.46 bits per heavy atom. The Morgan fingerprint density at radius 3 is 2.85 bits per heavy atom. The van der Waals surface area contributed by atoms with E-state index in [0.29, 0.717) is 16.5 Å². The van der Waals surface area contributed by atoms with Crippen LogP contribution in [-0.4, -0.2) is 23.4 Å². The first-order valence-electron chi connectivity index (χ1n) is 4.25. The lowest BCUT2D eigenvalue weighted by molar-refractivity contribution is 0.0468. The first-order chi connectivity index (χ1) is 6.18. The van der Waals surface area contributed by atoms with E-state index in [1.54, 1.807) is 12.1 Å². The number of rotatable bonds is 1. The molecular formula is C9H10BrNO2. The molecule has 1 aliphatic rings. The van der Waals surface area contributed by atoms with Crippen molar-refractivity contribution in [1.29, 1.82) is 0 Å². The van der Waals surface area contributed by atoms with Gasteiger partial charge in [-0.2, -0.15) is 0 Å². The number of hydrogen-bond donors (Lipinski definition) is 0. The van der Waals surface area contributed by atoms with Crippen molar-refractivity contribution in [3.63, 3.8) is 0 Å². The van der Waals surface area contributed by atoms with E-state index in [-0.39, 0.29) is 5.91 Å². The minimum absolute atomic E-state index is 0.00977. The summed E-state index contributed by atoms with van der Waals surface area (Å²) in [5.41, 5.74) is 0. The summed E-state index contributed by atoms with van der Waals surface area (Å²) in [4.78, 5) is 13.5. The van der Waals surface area contributed by atoms with Gasteiger partial charge in [0.1, 0.15) is 0 Å². The summed E-state index contributed by atoms with van der Waals surface area (Å²) in [5, 5.41) is 0. The Balaban J connectivity index is 2.13. The SMILES string of the molecule is CC1CCN1C(=O)c1ccc(Br)o1. The number of hydrogen-bond acceptors (Lipinski definition) is 2. The highest BCUT2D eigenvalue weighted by molar-refractivity contribution is 9.10. The number of carbonyl (C=O) groups excluding carboxylic acids is 1. The van der Waals surface area contributed by atoms with Crippen LogP contribution >= 0.6 is 15.9 Å². The molecule has 1 aromatic heterocycles. The van der Waals surface area contributed by atoms with Crippen LogP contribution in [0.4, 0.5) is 0 Å². The van der Waals surface area contributed by atoms with Crippen molar-refractivity contribution in [1.82, 2.24) is 4.90 Å². The van der Waals surface area contributed by atoms with Crippen LogP contribution in [0.1, 0.15) is 23.9 Å². The molecule has 1 aromatic rings. The van der Waals surface area contributed by atoms with Gasteiger partial charge in [-0.1, -0.05) is 0 Å². The molecule has 2 rings (SSSR count). The number of amides is 1. The van der Waals surface area contributed by atoms with Crippen LogP contribution in [0.25, 0.3) is 0 Å². The molecule has 0 radical (unpaired) electrons. The highest BCUT2D eigenvalue weighted by Crippen LogP contribution is 2.22. The predicted octanol–water partition coefficient (Wildman–Crippen LogP) is 2.28. The number of carbonyl (C=O) groups is 1. The van der Waals surface area contributed by atoms with E-state index < -0.39 is 0 Å². The van der Waals surface area contributed by atoms with Gasteiger partial charge in [0.2, 0.25) is 0 Å². The normalized spacial score (nSPS) is 21.4. The summed E-state index contributed by atoms with van der Waals surface area (Å²) in [6, 6.07) is 3.78. The van der Waals surface area contributed by atoms with Crippen molar-refractivity contribution in [2.45, 2.75) is 19.4 Å². The van der Waals surface area contributed by atoms with Crippen molar-refractivity contribution >= 4 is 21.8 Å². The van der Waals surface area contributed by atoms with E-state index >= 15 is 0 Å². The van der Waals surface area contributed by atoms with Gasteiger partial charge < -0.3 is 9.32 Å². The first-order valence-corrected chi connectivity index (χ1v) is 5.04. The van der Waals surface area contributed by atoms with Gasteiger partial charge in [-0.05, 0) is 41.4 Å². The standard InChI is InChI=1S/C9H10BrNO2/c1-6-4-5-11(6)9(12)7-2-3-8(10)13-7/h2-3,6H,4-5H2,1H3. The van der Waals surface area contributed by atoms with Crippen LogP contribution < -0.4 is 0 Å². The minimum atomic E-state index is -0.00977. The molecule has 1 unspecified atom stereocenters. The number of likely N-dealkylation sites (tertiary alicyclic amines) is 1. The highest BCUT2D eigenvalue weighted by Gasteiger charge is 2.30. The van der Waals surface area contributed by atoms with Crippen molar-refractivity contribution in [3.8, 4) is 0 Å². The van der Waals surface area contributed by atoms with Crippen LogP contribution in [-0.2, 0) is 0 Å². The molecule has 0 bridgehead atoms. The molecule has 0 spiro atoms. The van der Waals surface area contributed by atoms with E-state index in [9.17, 15) is 4.79 Å². The van der Waals surface area contributed by atoms with Crippen molar-refractivity contribution in [2.75, 3.05) is 6.54 Å². The van der Waals surface area contributed by atoms with Gasteiger partial charge in [0.25, 0.3) is 5.91 Å². The minimum Gasteiger partial charge on any atom is -0.444 e. The van der Waals surface area contributed by atoms with E-state index in [2.05, 4.69) is 15.9 Å². The summed E-state index contributed by atoms with van der Waals surface area (Å²) >= 11 is 3.17. The molecule has 0 aromatic carbocycles. The second kappa shape index (κ2) is 3.18. The number of furan rings is 1. The van der Waals surface area contributed by atoms with Crippen LogP contribution in [0.3, 0.4) is 0 Å². The summed E-state index contributed by atoms with van der Waals surface area (Å²) in [5.74, 6) is 0.405. The van der Waals surface area contributed by atoms with Gasteiger partial charge in [-0.15, -0.1) is 0 Å². The molecule has 70 valence electrons. The fourth-order valence-electron chi connectivity index (χ4n) is 1.39. The maximum Gasteiger partial charge on any atom is 0.289 e. The van der Waals surface area contributed by atoms with Gasteiger partial charge in [0.15, 0.2) is 10.4 Å². The Kier molecular flexibility index (Phi) is 2.15. The fourth-order valence-corrected chi connectivity index (χ4v) is 1.70. The molecule has 1 aliphatic heterocycles. The molecule has 1 fully saturated rings.